The maximum absolute atomic E-state index is 12.4. The normalized spacial score (nSPS) is 11.3. The number of esters is 1. The van der Waals surface area contributed by atoms with Gasteiger partial charge in [0.05, 0.1) is 10.5 Å². The molecule has 0 aliphatic rings. The number of carbonyl (C=O) groups is 2. The minimum absolute atomic E-state index is 0.0161. The summed E-state index contributed by atoms with van der Waals surface area (Å²) in [6.07, 6.45) is 1.26. The van der Waals surface area contributed by atoms with Gasteiger partial charge in [-0.05, 0) is 49.4 Å². The fourth-order valence-electron chi connectivity index (χ4n) is 2.62. The van der Waals surface area contributed by atoms with E-state index in [-0.39, 0.29) is 15.6 Å². The smallest absolute Gasteiger partial charge is 0.338 e. The van der Waals surface area contributed by atoms with E-state index in [1.807, 2.05) is 0 Å². The first-order chi connectivity index (χ1) is 15.3. The van der Waals surface area contributed by atoms with E-state index in [0.717, 1.165) is 11.3 Å². The predicted molar refractivity (Wildman–Crippen MR) is 115 cm³/mol. The summed E-state index contributed by atoms with van der Waals surface area (Å²) in [5, 5.41) is 10.8. The van der Waals surface area contributed by atoms with Crippen molar-refractivity contribution in [2.24, 2.45) is 0 Å². The molecule has 0 unspecified atom stereocenters. The van der Waals surface area contributed by atoms with Crippen LogP contribution in [0.5, 0.6) is 0 Å². The monoisotopic (exact) mass is 473 g/mol. The van der Waals surface area contributed by atoms with Crippen molar-refractivity contribution in [3.63, 3.8) is 0 Å². The summed E-state index contributed by atoms with van der Waals surface area (Å²) >= 11 is 1.11. The molecule has 2 aromatic carbocycles. The number of sulfonamides is 1. The number of nitrogens with zero attached hydrogens (tertiary/aromatic N) is 3. The second-order valence-electron chi connectivity index (χ2n) is 6.42. The Balaban J connectivity index is 1.32. The molecule has 2 heterocycles. The molecule has 4 rings (SSSR count). The highest BCUT2D eigenvalue weighted by molar-refractivity contribution is 7.93. The van der Waals surface area contributed by atoms with Gasteiger partial charge < -0.3 is 14.5 Å². The second kappa shape index (κ2) is 8.72. The van der Waals surface area contributed by atoms with E-state index in [9.17, 15) is 18.0 Å². The minimum Gasteiger partial charge on any atom is -0.452 e. The molecule has 32 heavy (non-hydrogen) atoms. The van der Waals surface area contributed by atoms with Crippen molar-refractivity contribution >= 4 is 55.2 Å². The van der Waals surface area contributed by atoms with E-state index in [2.05, 4.69) is 25.2 Å². The number of aryl methyl sites for hydroxylation is 1. The third-order valence-electron chi connectivity index (χ3n) is 4.10. The van der Waals surface area contributed by atoms with Gasteiger partial charge in [-0.2, -0.15) is 0 Å². The molecule has 4 aromatic rings. The number of rotatable bonds is 7. The van der Waals surface area contributed by atoms with Gasteiger partial charge in [-0.25, -0.2) is 18.2 Å². The number of aromatic nitrogens is 3. The Morgan fingerprint density at radius 1 is 1.12 bits per heavy atom. The molecule has 1 amide bonds. The number of carbonyl (C=O) groups excluding carboxylic acids is 2. The van der Waals surface area contributed by atoms with Crippen molar-refractivity contribution in [3.8, 4) is 0 Å². The molecule has 0 saturated carbocycles. The van der Waals surface area contributed by atoms with Crippen LogP contribution in [0.2, 0.25) is 0 Å². The summed E-state index contributed by atoms with van der Waals surface area (Å²) in [4.78, 5) is 28.1. The van der Waals surface area contributed by atoms with Gasteiger partial charge in [-0.1, -0.05) is 11.3 Å². The number of hydrogen-bond donors (Lipinski definition) is 2. The van der Waals surface area contributed by atoms with E-state index in [0.29, 0.717) is 21.8 Å². The number of nitrogens with one attached hydrogen (secondary N) is 2. The first kappa shape index (κ1) is 21.4. The number of oxazole rings is 1. The third kappa shape index (κ3) is 4.90. The number of benzene rings is 2. The number of anilines is 2. The van der Waals surface area contributed by atoms with Crippen LogP contribution in [0.25, 0.3) is 11.1 Å². The highest BCUT2D eigenvalue weighted by Gasteiger charge is 2.17. The zero-order valence-corrected chi connectivity index (χ0v) is 18.1. The average Bonchev–Trinajstić information content (AvgIpc) is 3.40. The van der Waals surface area contributed by atoms with Gasteiger partial charge in [-0.3, -0.25) is 9.52 Å². The zero-order valence-electron chi connectivity index (χ0n) is 16.4. The van der Waals surface area contributed by atoms with E-state index in [1.54, 1.807) is 13.0 Å². The topological polar surface area (TPSA) is 153 Å². The Morgan fingerprint density at radius 3 is 2.62 bits per heavy atom. The van der Waals surface area contributed by atoms with Crippen molar-refractivity contribution in [3.05, 3.63) is 59.4 Å². The summed E-state index contributed by atoms with van der Waals surface area (Å²) in [5.41, 5.74) is 1.57. The molecule has 164 valence electrons. The molecule has 2 N–H and O–H groups in total. The van der Waals surface area contributed by atoms with Gasteiger partial charge in [-0.15, -0.1) is 10.2 Å². The Kier molecular flexibility index (Phi) is 5.83. The van der Waals surface area contributed by atoms with Gasteiger partial charge >= 0.3 is 5.97 Å². The molecule has 0 saturated heterocycles. The van der Waals surface area contributed by atoms with Gasteiger partial charge in [0.25, 0.3) is 15.9 Å². The molecule has 0 aliphatic heterocycles. The van der Waals surface area contributed by atoms with Crippen LogP contribution in [0, 0.1) is 6.92 Å². The average molecular weight is 473 g/mol. The SMILES string of the molecule is Cc1nnc(NS(=O)(=O)c2ccc(NC(=O)COC(=O)c3ccc4ncoc4c3)cc2)s1. The van der Waals surface area contributed by atoms with Crippen molar-refractivity contribution in [2.75, 3.05) is 16.6 Å². The highest BCUT2D eigenvalue weighted by Crippen LogP contribution is 2.21. The maximum atomic E-state index is 12.4. The number of hydrogen-bond acceptors (Lipinski definition) is 10. The fraction of sp³-hybridized carbons (Fsp3) is 0.105. The summed E-state index contributed by atoms with van der Waals surface area (Å²) in [6.45, 7) is 1.19. The van der Waals surface area contributed by atoms with Crippen LogP contribution >= 0.6 is 11.3 Å². The fourth-order valence-corrected chi connectivity index (χ4v) is 4.44. The summed E-state index contributed by atoms with van der Waals surface area (Å²) in [6, 6.07) is 10.1. The lowest BCUT2D eigenvalue weighted by molar-refractivity contribution is -0.119. The van der Waals surface area contributed by atoms with Crippen LogP contribution < -0.4 is 10.0 Å². The molecule has 13 heteroatoms. The molecule has 2 aromatic heterocycles. The van der Waals surface area contributed by atoms with Gasteiger partial charge in [0, 0.05) is 5.69 Å². The number of fused-ring (bicyclic) bond motifs is 1. The first-order valence-corrected chi connectivity index (χ1v) is 11.3. The van der Waals surface area contributed by atoms with Crippen LogP contribution in [0.15, 0.2) is 58.2 Å². The molecule has 11 nitrogen and oxygen atoms in total. The molecule has 0 spiro atoms. The Morgan fingerprint density at radius 2 is 1.91 bits per heavy atom. The first-order valence-electron chi connectivity index (χ1n) is 9.03. The summed E-state index contributed by atoms with van der Waals surface area (Å²) in [5.74, 6) is -1.28. The van der Waals surface area contributed by atoms with Gasteiger partial charge in [0.1, 0.15) is 10.5 Å². The molecule has 0 radical (unpaired) electrons. The highest BCUT2D eigenvalue weighted by atomic mass is 32.2. The van der Waals surface area contributed by atoms with Crippen molar-refractivity contribution in [1.82, 2.24) is 15.2 Å². The number of ether oxygens (including phenoxy) is 1. The van der Waals surface area contributed by atoms with Crippen LogP contribution in [-0.2, 0) is 19.6 Å². The lowest BCUT2D eigenvalue weighted by Gasteiger charge is -2.08. The van der Waals surface area contributed by atoms with Crippen LogP contribution in [0.3, 0.4) is 0 Å². The molecule has 0 aliphatic carbocycles. The van der Waals surface area contributed by atoms with E-state index in [1.165, 1.54) is 42.8 Å². The van der Waals surface area contributed by atoms with Gasteiger partial charge in [0.2, 0.25) is 5.13 Å². The molecule has 0 bridgehead atoms. The summed E-state index contributed by atoms with van der Waals surface area (Å²) < 4.78 is 37.3. The van der Waals surface area contributed by atoms with Gasteiger partial charge in [0.15, 0.2) is 18.6 Å². The van der Waals surface area contributed by atoms with E-state index < -0.39 is 28.5 Å². The van der Waals surface area contributed by atoms with E-state index >= 15 is 0 Å². The van der Waals surface area contributed by atoms with Crippen LogP contribution in [0.4, 0.5) is 10.8 Å². The quantitative estimate of drug-likeness (QED) is 0.385. The lowest BCUT2D eigenvalue weighted by Crippen LogP contribution is -2.21. The van der Waals surface area contributed by atoms with Crippen molar-refractivity contribution < 1.29 is 27.2 Å². The standard InChI is InChI=1S/C19H15N5O6S2/c1-11-22-23-19(31-11)24-32(27,28)14-5-3-13(4-6-14)21-17(25)9-29-18(26)12-2-7-15-16(8-12)30-10-20-15/h2-8,10H,9H2,1H3,(H,21,25)(H,23,24). The summed E-state index contributed by atoms with van der Waals surface area (Å²) in [7, 11) is -3.85. The number of amides is 1. The predicted octanol–water partition coefficient (Wildman–Crippen LogP) is 2.58. The largest absolute Gasteiger partial charge is 0.452 e. The molecular formula is C19H15N5O6S2. The van der Waals surface area contributed by atoms with Crippen molar-refractivity contribution in [2.45, 2.75) is 11.8 Å². The molecular weight excluding hydrogens is 458 g/mol. The Bertz CT molecular complexity index is 1400. The molecule has 0 atom stereocenters. The lowest BCUT2D eigenvalue weighted by atomic mass is 10.2. The van der Waals surface area contributed by atoms with Crippen LogP contribution in [0.1, 0.15) is 15.4 Å². The minimum atomic E-state index is -3.85. The Hall–Kier alpha value is -3.84. The Labute approximate surface area is 185 Å². The third-order valence-corrected chi connectivity index (χ3v) is 6.34. The zero-order chi connectivity index (χ0) is 22.7. The second-order valence-corrected chi connectivity index (χ2v) is 9.28. The van der Waals surface area contributed by atoms with E-state index in [4.69, 9.17) is 9.15 Å². The maximum Gasteiger partial charge on any atom is 0.338 e. The van der Waals surface area contributed by atoms with Crippen molar-refractivity contribution in [1.29, 1.82) is 0 Å². The molecule has 0 fully saturated rings. The van der Waals surface area contributed by atoms with Crippen LogP contribution in [-0.4, -0.2) is 42.1 Å².